The first-order valence-corrected chi connectivity index (χ1v) is 5.86. The Kier molecular flexibility index (Phi) is 3.99. The maximum absolute atomic E-state index is 11.0. The summed E-state index contributed by atoms with van der Waals surface area (Å²) in [6, 6.07) is 1.36. The maximum atomic E-state index is 11.0. The number of hydrogen-bond acceptors (Lipinski definition) is 5. The highest BCUT2D eigenvalue weighted by atomic mass is 16.5. The van der Waals surface area contributed by atoms with Crippen molar-refractivity contribution in [3.8, 4) is 5.88 Å². The normalized spacial score (nSPS) is 16.4. The summed E-state index contributed by atoms with van der Waals surface area (Å²) in [5.41, 5.74) is 5.82. The average Bonchev–Trinajstić information content (AvgIpc) is 2.38. The number of nitrogen functional groups attached to an aromatic ring is 1. The lowest BCUT2D eigenvalue weighted by atomic mass is 10.0. The Balaban J connectivity index is 2.01. The third-order valence-corrected chi connectivity index (χ3v) is 2.90. The van der Waals surface area contributed by atoms with E-state index in [1.54, 1.807) is 0 Å². The van der Waals surface area contributed by atoms with Gasteiger partial charge in [0, 0.05) is 13.2 Å². The van der Waals surface area contributed by atoms with Crippen LogP contribution in [-0.4, -0.2) is 35.9 Å². The van der Waals surface area contributed by atoms with Crippen molar-refractivity contribution in [3.05, 3.63) is 17.8 Å². The van der Waals surface area contributed by atoms with E-state index < -0.39 is 5.97 Å². The van der Waals surface area contributed by atoms with Crippen LogP contribution in [0.2, 0.25) is 0 Å². The molecule has 98 valence electrons. The van der Waals surface area contributed by atoms with Gasteiger partial charge < -0.3 is 20.3 Å². The van der Waals surface area contributed by atoms with Crippen LogP contribution in [0.25, 0.3) is 0 Å². The van der Waals surface area contributed by atoms with Gasteiger partial charge in [-0.25, -0.2) is 9.78 Å². The van der Waals surface area contributed by atoms with E-state index in [1.165, 1.54) is 12.3 Å². The van der Waals surface area contributed by atoms with E-state index in [-0.39, 0.29) is 11.4 Å². The summed E-state index contributed by atoms with van der Waals surface area (Å²) in [4.78, 5) is 15.0. The first kappa shape index (κ1) is 12.6. The molecular formula is C12H16N2O4. The first-order valence-electron chi connectivity index (χ1n) is 5.86. The highest BCUT2D eigenvalue weighted by Gasteiger charge is 2.18. The van der Waals surface area contributed by atoms with Crippen LogP contribution in [0.4, 0.5) is 5.69 Å². The van der Waals surface area contributed by atoms with E-state index in [2.05, 4.69) is 4.98 Å². The van der Waals surface area contributed by atoms with Crippen LogP contribution in [0.3, 0.4) is 0 Å². The number of pyridine rings is 1. The summed E-state index contributed by atoms with van der Waals surface area (Å²) < 4.78 is 10.7. The van der Waals surface area contributed by atoms with Crippen molar-refractivity contribution >= 4 is 11.7 Å². The Morgan fingerprint density at radius 3 is 2.94 bits per heavy atom. The molecule has 6 nitrogen and oxygen atoms in total. The SMILES string of the molecule is Nc1cnc(OCC2CCOCC2)c(C(=O)O)c1. The molecule has 0 bridgehead atoms. The molecule has 2 rings (SSSR count). The number of carbonyl (C=O) groups is 1. The van der Waals surface area contributed by atoms with Crippen molar-refractivity contribution in [2.45, 2.75) is 12.8 Å². The molecule has 0 aliphatic carbocycles. The minimum Gasteiger partial charge on any atom is -0.477 e. The van der Waals surface area contributed by atoms with Crippen LogP contribution in [0.15, 0.2) is 12.3 Å². The summed E-state index contributed by atoms with van der Waals surface area (Å²) in [7, 11) is 0. The largest absolute Gasteiger partial charge is 0.477 e. The topological polar surface area (TPSA) is 94.7 Å². The molecule has 2 heterocycles. The van der Waals surface area contributed by atoms with E-state index >= 15 is 0 Å². The zero-order chi connectivity index (χ0) is 13.0. The van der Waals surface area contributed by atoms with Crippen molar-refractivity contribution in [1.82, 2.24) is 4.98 Å². The second-order valence-corrected chi connectivity index (χ2v) is 4.29. The Labute approximate surface area is 105 Å². The molecule has 3 N–H and O–H groups in total. The Bertz CT molecular complexity index is 430. The van der Waals surface area contributed by atoms with Crippen molar-refractivity contribution in [2.75, 3.05) is 25.6 Å². The van der Waals surface area contributed by atoms with Gasteiger partial charge in [0.2, 0.25) is 5.88 Å². The summed E-state index contributed by atoms with van der Waals surface area (Å²) in [5.74, 6) is -0.570. The molecule has 6 heteroatoms. The molecule has 1 aromatic heterocycles. The molecule has 0 spiro atoms. The zero-order valence-electron chi connectivity index (χ0n) is 9.96. The number of hydrogen-bond donors (Lipinski definition) is 2. The molecular weight excluding hydrogens is 236 g/mol. The molecule has 1 aliphatic heterocycles. The standard InChI is InChI=1S/C12H16N2O4/c13-9-5-10(12(15)16)11(14-6-9)18-7-8-1-3-17-4-2-8/h5-6,8H,1-4,7,13H2,(H,15,16). The molecule has 0 aromatic carbocycles. The summed E-state index contributed by atoms with van der Waals surface area (Å²) in [5, 5.41) is 9.03. The summed E-state index contributed by atoms with van der Waals surface area (Å²) in [6.07, 6.45) is 3.25. The van der Waals surface area contributed by atoms with Crippen molar-refractivity contribution in [3.63, 3.8) is 0 Å². The molecule has 0 saturated carbocycles. The number of carboxylic acid groups (broad SMARTS) is 1. The predicted molar refractivity (Wildman–Crippen MR) is 64.6 cm³/mol. The van der Waals surface area contributed by atoms with Gasteiger partial charge in [0.15, 0.2) is 0 Å². The molecule has 1 aromatic rings. The average molecular weight is 252 g/mol. The van der Waals surface area contributed by atoms with E-state index in [0.717, 1.165) is 26.1 Å². The van der Waals surface area contributed by atoms with Crippen molar-refractivity contribution in [1.29, 1.82) is 0 Å². The second-order valence-electron chi connectivity index (χ2n) is 4.29. The minimum atomic E-state index is -1.09. The Morgan fingerprint density at radius 2 is 2.28 bits per heavy atom. The van der Waals surface area contributed by atoms with E-state index in [9.17, 15) is 4.79 Å². The highest BCUT2D eigenvalue weighted by Crippen LogP contribution is 2.21. The van der Waals surface area contributed by atoms with E-state index in [0.29, 0.717) is 18.2 Å². The van der Waals surface area contributed by atoms with Gasteiger partial charge in [-0.3, -0.25) is 0 Å². The molecule has 0 radical (unpaired) electrons. The van der Waals surface area contributed by atoms with Gasteiger partial charge in [-0.05, 0) is 24.8 Å². The summed E-state index contributed by atoms with van der Waals surface area (Å²) >= 11 is 0. The summed E-state index contributed by atoms with van der Waals surface area (Å²) in [6.45, 7) is 1.92. The zero-order valence-corrected chi connectivity index (χ0v) is 9.96. The van der Waals surface area contributed by atoms with Crippen molar-refractivity contribution in [2.24, 2.45) is 5.92 Å². The van der Waals surface area contributed by atoms with Crippen LogP contribution >= 0.6 is 0 Å². The van der Waals surface area contributed by atoms with Crippen LogP contribution in [0, 0.1) is 5.92 Å². The lowest BCUT2D eigenvalue weighted by molar-refractivity contribution is 0.0482. The Hall–Kier alpha value is -1.82. The van der Waals surface area contributed by atoms with Crippen LogP contribution in [0.1, 0.15) is 23.2 Å². The number of nitrogens with two attached hydrogens (primary N) is 1. The van der Waals surface area contributed by atoms with E-state index in [4.69, 9.17) is 20.3 Å². The molecule has 1 fully saturated rings. The first-order chi connectivity index (χ1) is 8.66. The van der Waals surface area contributed by atoms with Gasteiger partial charge in [0.05, 0.1) is 18.5 Å². The monoisotopic (exact) mass is 252 g/mol. The maximum Gasteiger partial charge on any atom is 0.341 e. The highest BCUT2D eigenvalue weighted by molar-refractivity contribution is 5.91. The molecule has 0 amide bonds. The molecule has 1 saturated heterocycles. The number of carboxylic acids is 1. The van der Waals surface area contributed by atoms with Crippen LogP contribution < -0.4 is 10.5 Å². The lowest BCUT2D eigenvalue weighted by Gasteiger charge is -2.22. The number of anilines is 1. The second kappa shape index (κ2) is 5.68. The van der Waals surface area contributed by atoms with Gasteiger partial charge in [0.1, 0.15) is 5.56 Å². The van der Waals surface area contributed by atoms with Gasteiger partial charge in [-0.15, -0.1) is 0 Å². The van der Waals surface area contributed by atoms with Crippen LogP contribution in [0.5, 0.6) is 5.88 Å². The Morgan fingerprint density at radius 1 is 1.56 bits per heavy atom. The molecule has 0 atom stereocenters. The fourth-order valence-corrected chi connectivity index (χ4v) is 1.85. The predicted octanol–water partition coefficient (Wildman–Crippen LogP) is 1.17. The van der Waals surface area contributed by atoms with Gasteiger partial charge in [-0.1, -0.05) is 0 Å². The molecule has 0 unspecified atom stereocenters. The van der Waals surface area contributed by atoms with Gasteiger partial charge in [-0.2, -0.15) is 0 Å². The quantitative estimate of drug-likeness (QED) is 0.835. The van der Waals surface area contributed by atoms with Gasteiger partial charge >= 0.3 is 5.97 Å². The van der Waals surface area contributed by atoms with Crippen molar-refractivity contribution < 1.29 is 19.4 Å². The number of ether oxygens (including phenoxy) is 2. The number of aromatic nitrogens is 1. The fraction of sp³-hybridized carbons (Fsp3) is 0.500. The molecule has 1 aliphatic rings. The number of rotatable bonds is 4. The fourth-order valence-electron chi connectivity index (χ4n) is 1.85. The number of aromatic carboxylic acids is 1. The smallest absolute Gasteiger partial charge is 0.341 e. The lowest BCUT2D eigenvalue weighted by Crippen LogP contribution is -2.22. The van der Waals surface area contributed by atoms with Crippen LogP contribution in [-0.2, 0) is 4.74 Å². The van der Waals surface area contributed by atoms with Gasteiger partial charge in [0.25, 0.3) is 0 Å². The third kappa shape index (κ3) is 3.10. The minimum absolute atomic E-state index is 0.00191. The molecule has 18 heavy (non-hydrogen) atoms. The van der Waals surface area contributed by atoms with E-state index in [1.807, 2.05) is 0 Å². The number of nitrogens with zero attached hydrogens (tertiary/aromatic N) is 1. The third-order valence-electron chi connectivity index (χ3n) is 2.90.